The van der Waals surface area contributed by atoms with E-state index >= 15 is 0 Å². The van der Waals surface area contributed by atoms with E-state index in [0.29, 0.717) is 0 Å². The number of nitrogens with one attached hydrogen (secondary N) is 1. The number of methoxy groups -OCH3 is 1. The fourth-order valence-electron chi connectivity index (χ4n) is 2.51. The Morgan fingerprint density at radius 1 is 1.15 bits per heavy atom. The molecule has 1 aromatic heterocycles. The van der Waals surface area contributed by atoms with E-state index in [0.717, 1.165) is 28.0 Å². The number of amides is 1. The largest absolute Gasteiger partial charge is 0.497 e. The summed E-state index contributed by atoms with van der Waals surface area (Å²) in [6, 6.07) is 15.4. The zero-order valence-electron chi connectivity index (χ0n) is 15.5. The van der Waals surface area contributed by atoms with Gasteiger partial charge in [-0.2, -0.15) is 0 Å². The van der Waals surface area contributed by atoms with Crippen LogP contribution in [-0.2, 0) is 4.79 Å². The molecule has 2 aromatic carbocycles. The standard InChI is InChI=1S/C20H22N4O2S/c1-23(2)16-6-4-15(5-7-16)22-19(25)14-27-20-21-12-13-24(20)17-8-10-18(26-3)11-9-17/h4-13H,14H2,1-3H3,(H,22,25). The number of carbonyl (C=O) groups excluding carboxylic acids is 1. The SMILES string of the molecule is COc1ccc(-n2ccnc2SCC(=O)Nc2ccc(N(C)C)cc2)cc1. The van der Waals surface area contributed by atoms with Gasteiger partial charge < -0.3 is 15.0 Å². The van der Waals surface area contributed by atoms with E-state index in [1.807, 2.05) is 78.3 Å². The molecule has 0 bridgehead atoms. The molecule has 0 aliphatic carbocycles. The van der Waals surface area contributed by atoms with Crippen LogP contribution in [0, 0.1) is 0 Å². The number of imidazole rings is 1. The van der Waals surface area contributed by atoms with Crippen LogP contribution >= 0.6 is 11.8 Å². The van der Waals surface area contributed by atoms with E-state index in [1.54, 1.807) is 13.3 Å². The minimum atomic E-state index is -0.0677. The maximum Gasteiger partial charge on any atom is 0.234 e. The summed E-state index contributed by atoms with van der Waals surface area (Å²) < 4.78 is 7.13. The van der Waals surface area contributed by atoms with Crippen LogP contribution in [0.3, 0.4) is 0 Å². The van der Waals surface area contributed by atoms with Gasteiger partial charge in [0.05, 0.1) is 12.9 Å². The van der Waals surface area contributed by atoms with E-state index in [4.69, 9.17) is 4.74 Å². The van der Waals surface area contributed by atoms with Gasteiger partial charge in [-0.05, 0) is 48.5 Å². The van der Waals surface area contributed by atoms with Gasteiger partial charge in [-0.15, -0.1) is 0 Å². The molecule has 0 unspecified atom stereocenters. The fraction of sp³-hybridized carbons (Fsp3) is 0.200. The zero-order valence-corrected chi connectivity index (χ0v) is 16.4. The molecule has 140 valence electrons. The molecule has 0 saturated carbocycles. The van der Waals surface area contributed by atoms with Crippen molar-refractivity contribution in [3.8, 4) is 11.4 Å². The second-order valence-electron chi connectivity index (χ2n) is 6.06. The van der Waals surface area contributed by atoms with Crippen LogP contribution in [-0.4, -0.2) is 42.4 Å². The summed E-state index contributed by atoms with van der Waals surface area (Å²) in [6.07, 6.45) is 3.60. The monoisotopic (exact) mass is 382 g/mol. The van der Waals surface area contributed by atoms with Gasteiger partial charge in [0.15, 0.2) is 5.16 Å². The predicted molar refractivity (Wildman–Crippen MR) is 110 cm³/mol. The second kappa shape index (κ2) is 8.64. The number of benzene rings is 2. The van der Waals surface area contributed by atoms with Crippen molar-refractivity contribution >= 4 is 29.0 Å². The Balaban J connectivity index is 1.60. The van der Waals surface area contributed by atoms with Crippen LogP contribution < -0.4 is 15.0 Å². The molecule has 0 spiro atoms. The number of thioether (sulfide) groups is 1. The summed E-state index contributed by atoms with van der Waals surface area (Å²) in [5.41, 5.74) is 2.84. The minimum Gasteiger partial charge on any atom is -0.497 e. The molecule has 0 aliphatic heterocycles. The first kappa shape index (κ1) is 18.8. The zero-order chi connectivity index (χ0) is 19.2. The maximum atomic E-state index is 12.3. The van der Waals surface area contributed by atoms with Gasteiger partial charge in [0.25, 0.3) is 0 Å². The lowest BCUT2D eigenvalue weighted by atomic mass is 10.2. The highest BCUT2D eigenvalue weighted by Crippen LogP contribution is 2.23. The van der Waals surface area contributed by atoms with Crippen molar-refractivity contribution in [1.29, 1.82) is 0 Å². The van der Waals surface area contributed by atoms with Crippen LogP contribution in [0.4, 0.5) is 11.4 Å². The lowest BCUT2D eigenvalue weighted by Crippen LogP contribution is -2.15. The first-order valence-corrected chi connectivity index (χ1v) is 9.43. The van der Waals surface area contributed by atoms with Gasteiger partial charge in [0.2, 0.25) is 5.91 Å². The summed E-state index contributed by atoms with van der Waals surface area (Å²) in [6.45, 7) is 0. The Bertz CT molecular complexity index is 889. The van der Waals surface area contributed by atoms with Crippen molar-refractivity contribution in [2.75, 3.05) is 37.2 Å². The first-order valence-electron chi connectivity index (χ1n) is 8.44. The lowest BCUT2D eigenvalue weighted by molar-refractivity contribution is -0.113. The molecule has 0 radical (unpaired) electrons. The summed E-state index contributed by atoms with van der Waals surface area (Å²) in [5, 5.41) is 3.68. The van der Waals surface area contributed by atoms with E-state index in [1.165, 1.54) is 11.8 Å². The van der Waals surface area contributed by atoms with Crippen LogP contribution in [0.2, 0.25) is 0 Å². The van der Waals surface area contributed by atoms with E-state index in [2.05, 4.69) is 10.3 Å². The Morgan fingerprint density at radius 2 is 1.85 bits per heavy atom. The molecular weight excluding hydrogens is 360 g/mol. The number of aromatic nitrogens is 2. The van der Waals surface area contributed by atoms with Crippen LogP contribution in [0.5, 0.6) is 5.75 Å². The Hall–Kier alpha value is -2.93. The number of anilines is 2. The predicted octanol–water partition coefficient (Wildman–Crippen LogP) is 3.68. The van der Waals surface area contributed by atoms with Crippen LogP contribution in [0.1, 0.15) is 0 Å². The number of rotatable bonds is 7. The third-order valence-electron chi connectivity index (χ3n) is 3.96. The van der Waals surface area contributed by atoms with Crippen molar-refractivity contribution < 1.29 is 9.53 Å². The molecule has 0 aliphatic rings. The molecular formula is C20H22N4O2S. The summed E-state index contributed by atoms with van der Waals surface area (Å²) in [5.74, 6) is 1.01. The molecule has 3 rings (SSSR count). The van der Waals surface area contributed by atoms with Crippen LogP contribution in [0.15, 0.2) is 66.1 Å². The molecule has 0 saturated heterocycles. The van der Waals surface area contributed by atoms with Gasteiger partial charge in [0, 0.05) is 43.6 Å². The van der Waals surface area contributed by atoms with Gasteiger partial charge >= 0.3 is 0 Å². The van der Waals surface area contributed by atoms with Gasteiger partial charge in [-0.25, -0.2) is 4.98 Å². The highest BCUT2D eigenvalue weighted by atomic mass is 32.2. The van der Waals surface area contributed by atoms with Gasteiger partial charge in [-0.3, -0.25) is 9.36 Å². The normalized spacial score (nSPS) is 10.5. The van der Waals surface area contributed by atoms with Crippen molar-refractivity contribution in [1.82, 2.24) is 9.55 Å². The molecule has 1 amide bonds. The quantitative estimate of drug-likeness (QED) is 0.632. The average molecular weight is 382 g/mol. The third kappa shape index (κ3) is 4.83. The number of nitrogens with zero attached hydrogens (tertiary/aromatic N) is 3. The summed E-state index contributed by atoms with van der Waals surface area (Å²) in [7, 11) is 5.60. The first-order chi connectivity index (χ1) is 13.1. The Morgan fingerprint density at radius 3 is 2.48 bits per heavy atom. The molecule has 3 aromatic rings. The Labute approximate surface area is 163 Å². The van der Waals surface area contributed by atoms with Gasteiger partial charge in [-0.1, -0.05) is 11.8 Å². The summed E-state index contributed by atoms with van der Waals surface area (Å²) >= 11 is 1.39. The smallest absolute Gasteiger partial charge is 0.234 e. The molecule has 1 heterocycles. The highest BCUT2D eigenvalue weighted by Gasteiger charge is 2.10. The fourth-order valence-corrected chi connectivity index (χ4v) is 3.28. The molecule has 1 N–H and O–H groups in total. The maximum absolute atomic E-state index is 12.3. The molecule has 6 nitrogen and oxygen atoms in total. The number of hydrogen-bond donors (Lipinski definition) is 1. The van der Waals surface area contributed by atoms with Crippen molar-refractivity contribution in [3.05, 3.63) is 60.9 Å². The molecule has 0 atom stereocenters. The van der Waals surface area contributed by atoms with Crippen molar-refractivity contribution in [2.45, 2.75) is 5.16 Å². The number of carbonyl (C=O) groups is 1. The Kier molecular flexibility index (Phi) is 6.03. The number of hydrogen-bond acceptors (Lipinski definition) is 5. The van der Waals surface area contributed by atoms with Crippen molar-refractivity contribution in [3.63, 3.8) is 0 Å². The van der Waals surface area contributed by atoms with Gasteiger partial charge in [0.1, 0.15) is 5.75 Å². The third-order valence-corrected chi connectivity index (χ3v) is 4.92. The van der Waals surface area contributed by atoms with E-state index in [-0.39, 0.29) is 11.7 Å². The van der Waals surface area contributed by atoms with Crippen LogP contribution in [0.25, 0.3) is 5.69 Å². The lowest BCUT2D eigenvalue weighted by Gasteiger charge is -2.13. The van der Waals surface area contributed by atoms with E-state index in [9.17, 15) is 4.79 Å². The van der Waals surface area contributed by atoms with E-state index < -0.39 is 0 Å². The minimum absolute atomic E-state index is 0.0677. The molecule has 27 heavy (non-hydrogen) atoms. The highest BCUT2D eigenvalue weighted by molar-refractivity contribution is 7.99. The summed E-state index contributed by atoms with van der Waals surface area (Å²) in [4.78, 5) is 18.6. The molecule has 0 fully saturated rings. The second-order valence-corrected chi connectivity index (χ2v) is 7.00. The van der Waals surface area contributed by atoms with Crippen molar-refractivity contribution in [2.24, 2.45) is 0 Å². The molecule has 7 heteroatoms. The number of ether oxygens (including phenoxy) is 1. The average Bonchev–Trinajstić information content (AvgIpc) is 3.15. The topological polar surface area (TPSA) is 59.4 Å².